The van der Waals surface area contributed by atoms with Gasteiger partial charge < -0.3 is 13.6 Å². The zero-order chi connectivity index (χ0) is 18.0. The molecule has 2 aliphatic heterocycles. The number of epoxide rings is 2. The molecular formula is C20H38O3Si2. The van der Waals surface area contributed by atoms with E-state index < -0.39 is 16.6 Å². The lowest BCUT2D eigenvalue weighted by atomic mass is 9.87. The minimum atomic E-state index is -1.70. The molecule has 4 fully saturated rings. The van der Waals surface area contributed by atoms with Gasteiger partial charge in [0.05, 0.1) is 24.4 Å². The summed E-state index contributed by atoms with van der Waals surface area (Å²) in [4.78, 5) is 0. The minimum absolute atomic E-state index is 0.587. The van der Waals surface area contributed by atoms with Gasteiger partial charge >= 0.3 is 0 Å². The molecule has 0 amide bonds. The average molecular weight is 383 g/mol. The summed E-state index contributed by atoms with van der Waals surface area (Å²) in [5, 5.41) is 0. The first-order chi connectivity index (χ1) is 11.7. The summed E-state index contributed by atoms with van der Waals surface area (Å²) >= 11 is 0. The van der Waals surface area contributed by atoms with Gasteiger partial charge in [-0.3, -0.25) is 0 Å². The van der Waals surface area contributed by atoms with Crippen molar-refractivity contribution in [3.8, 4) is 0 Å². The fourth-order valence-electron chi connectivity index (χ4n) is 5.78. The highest BCUT2D eigenvalue weighted by molar-refractivity contribution is 6.86. The van der Waals surface area contributed by atoms with Gasteiger partial charge in [0.1, 0.15) is 0 Å². The Morgan fingerprint density at radius 3 is 1.44 bits per heavy atom. The van der Waals surface area contributed by atoms with Gasteiger partial charge in [0.15, 0.2) is 16.6 Å². The standard InChI is InChI=1S/C20H38O3Si2/c1-13(15-7-9-17-19(11-15)21-17)24(3,4)23-25(5,6)14(2)16-8-10-18-20(12-16)22-18/h13-20H,7-12H2,1-6H3/t13-,14-,15-,16-,17-,18-,19-,20-/m1/s1. The SMILES string of the molecule is C[C@H]([C@@H]1CC[C@H]2O[C@@H]2C1)[Si](C)(C)O[Si](C)(C)[C@H](C)[C@@H]1CC[C@H]2O[C@@H]2C1. The van der Waals surface area contributed by atoms with Crippen LogP contribution in [0.1, 0.15) is 52.4 Å². The van der Waals surface area contributed by atoms with E-state index in [9.17, 15) is 0 Å². The number of hydrogen-bond donors (Lipinski definition) is 0. The van der Waals surface area contributed by atoms with Gasteiger partial charge in [0.2, 0.25) is 0 Å². The molecule has 2 saturated carbocycles. The van der Waals surface area contributed by atoms with Crippen LogP contribution in [0.2, 0.25) is 37.3 Å². The van der Waals surface area contributed by atoms with Gasteiger partial charge in [-0.1, -0.05) is 13.8 Å². The predicted molar refractivity (Wildman–Crippen MR) is 107 cm³/mol. The van der Waals surface area contributed by atoms with Crippen molar-refractivity contribution in [2.24, 2.45) is 11.8 Å². The molecule has 0 N–H and O–H groups in total. The van der Waals surface area contributed by atoms with Gasteiger partial charge in [0, 0.05) is 0 Å². The molecule has 0 spiro atoms. The molecule has 0 unspecified atom stereocenters. The maximum atomic E-state index is 7.15. The second-order valence-electron chi connectivity index (χ2n) is 10.5. The molecule has 0 aromatic heterocycles. The Hall–Kier alpha value is 0.314. The summed E-state index contributed by atoms with van der Waals surface area (Å²) in [7, 11) is -3.40. The monoisotopic (exact) mass is 382 g/mol. The predicted octanol–water partition coefficient (Wildman–Crippen LogP) is 5.33. The van der Waals surface area contributed by atoms with Gasteiger partial charge in [-0.15, -0.1) is 0 Å². The zero-order valence-corrected chi connectivity index (χ0v) is 19.1. The third-order valence-electron chi connectivity index (χ3n) is 8.22. The number of ether oxygens (including phenoxy) is 2. The van der Waals surface area contributed by atoms with Crippen LogP contribution in [0.3, 0.4) is 0 Å². The molecule has 5 heteroatoms. The first-order valence-electron chi connectivity index (χ1n) is 10.7. The normalized spacial score (nSPS) is 43.0. The Balaban J connectivity index is 1.37. The third-order valence-corrected chi connectivity index (χ3v) is 17.8. The Labute approximate surface area is 156 Å². The molecule has 0 bridgehead atoms. The molecule has 2 aliphatic carbocycles. The first kappa shape index (κ1) is 18.7. The number of fused-ring (bicyclic) bond motifs is 2. The lowest BCUT2D eigenvalue weighted by molar-refractivity contribution is 0.329. The fourth-order valence-corrected chi connectivity index (χ4v) is 15.6. The molecule has 0 radical (unpaired) electrons. The van der Waals surface area contributed by atoms with E-state index in [2.05, 4.69) is 40.0 Å². The number of rotatable bonds is 6. The van der Waals surface area contributed by atoms with Crippen LogP contribution in [-0.2, 0) is 13.6 Å². The Morgan fingerprint density at radius 1 is 0.680 bits per heavy atom. The summed E-state index contributed by atoms with van der Waals surface area (Å²) in [6.07, 6.45) is 10.2. The molecule has 3 nitrogen and oxygen atoms in total. The summed E-state index contributed by atoms with van der Waals surface area (Å²) in [5.74, 6) is 1.64. The molecule has 2 saturated heterocycles. The molecule has 4 rings (SSSR count). The minimum Gasteiger partial charge on any atom is -0.455 e. The van der Waals surface area contributed by atoms with Crippen LogP contribution < -0.4 is 0 Å². The van der Waals surface area contributed by atoms with Gasteiger partial charge in [0.25, 0.3) is 0 Å². The lowest BCUT2D eigenvalue weighted by Crippen LogP contribution is -2.52. The molecule has 2 heterocycles. The van der Waals surface area contributed by atoms with Crippen molar-refractivity contribution in [1.82, 2.24) is 0 Å². The van der Waals surface area contributed by atoms with Gasteiger partial charge in [-0.2, -0.15) is 0 Å². The first-order valence-corrected chi connectivity index (χ1v) is 16.7. The number of hydrogen-bond acceptors (Lipinski definition) is 3. The maximum Gasteiger partial charge on any atom is 0.176 e. The smallest absolute Gasteiger partial charge is 0.176 e. The van der Waals surface area contributed by atoms with Crippen molar-refractivity contribution in [3.63, 3.8) is 0 Å². The van der Waals surface area contributed by atoms with E-state index in [4.69, 9.17) is 13.6 Å². The van der Waals surface area contributed by atoms with Crippen LogP contribution in [0.15, 0.2) is 0 Å². The maximum absolute atomic E-state index is 7.15. The summed E-state index contributed by atoms with van der Waals surface area (Å²) in [6, 6.07) is 0. The van der Waals surface area contributed by atoms with Crippen molar-refractivity contribution in [3.05, 3.63) is 0 Å². The van der Waals surface area contributed by atoms with E-state index in [0.717, 1.165) is 22.9 Å². The molecular weight excluding hydrogens is 344 g/mol. The summed E-state index contributed by atoms with van der Waals surface area (Å²) < 4.78 is 18.7. The topological polar surface area (TPSA) is 34.3 Å². The van der Waals surface area contributed by atoms with Gasteiger partial charge in [-0.05, 0) is 87.6 Å². The average Bonchev–Trinajstić information content (AvgIpc) is 3.43. The van der Waals surface area contributed by atoms with Crippen LogP contribution >= 0.6 is 0 Å². The van der Waals surface area contributed by atoms with Crippen LogP contribution in [0, 0.1) is 11.8 Å². The third kappa shape index (κ3) is 3.82. The second kappa shape index (κ2) is 6.44. The molecule has 25 heavy (non-hydrogen) atoms. The molecule has 8 atom stereocenters. The van der Waals surface area contributed by atoms with E-state index in [-0.39, 0.29) is 0 Å². The van der Waals surface area contributed by atoms with Crippen molar-refractivity contribution in [1.29, 1.82) is 0 Å². The zero-order valence-electron chi connectivity index (χ0n) is 17.1. The Kier molecular flexibility index (Phi) is 4.81. The van der Waals surface area contributed by atoms with E-state index >= 15 is 0 Å². The largest absolute Gasteiger partial charge is 0.455 e. The fraction of sp³-hybridized carbons (Fsp3) is 1.00. The molecule has 4 aliphatic rings. The van der Waals surface area contributed by atoms with Crippen molar-refractivity contribution in [2.45, 2.75) is 114 Å². The quantitative estimate of drug-likeness (QED) is 0.460. The molecule has 0 aromatic carbocycles. The van der Waals surface area contributed by atoms with E-state index in [1.54, 1.807) is 0 Å². The lowest BCUT2D eigenvalue weighted by Gasteiger charge is -2.45. The molecule has 144 valence electrons. The second-order valence-corrected chi connectivity index (χ2v) is 19.5. The highest BCUT2D eigenvalue weighted by Gasteiger charge is 2.51. The Morgan fingerprint density at radius 2 is 1.08 bits per heavy atom. The summed E-state index contributed by atoms with van der Waals surface area (Å²) in [6.45, 7) is 14.9. The van der Waals surface area contributed by atoms with Crippen LogP contribution in [0.5, 0.6) is 0 Å². The van der Waals surface area contributed by atoms with Crippen molar-refractivity contribution < 1.29 is 13.6 Å². The van der Waals surface area contributed by atoms with E-state index in [0.29, 0.717) is 24.4 Å². The van der Waals surface area contributed by atoms with Gasteiger partial charge in [-0.25, -0.2) is 0 Å². The molecule has 0 aromatic rings. The Bertz CT molecular complexity index is 465. The van der Waals surface area contributed by atoms with Crippen molar-refractivity contribution >= 4 is 16.6 Å². The van der Waals surface area contributed by atoms with Crippen molar-refractivity contribution in [2.75, 3.05) is 0 Å². The van der Waals surface area contributed by atoms with Crippen LogP contribution in [0.25, 0.3) is 0 Å². The van der Waals surface area contributed by atoms with E-state index in [1.165, 1.54) is 38.5 Å². The van der Waals surface area contributed by atoms with Crippen LogP contribution in [0.4, 0.5) is 0 Å². The van der Waals surface area contributed by atoms with E-state index in [1.807, 2.05) is 0 Å². The highest BCUT2D eigenvalue weighted by Crippen LogP contribution is 2.50. The summed E-state index contributed by atoms with van der Waals surface area (Å²) in [5.41, 5.74) is 1.47. The highest BCUT2D eigenvalue weighted by atomic mass is 28.4. The van der Waals surface area contributed by atoms with Crippen LogP contribution in [-0.4, -0.2) is 41.1 Å².